The Kier molecular flexibility index (Phi) is 2.19. The van der Waals surface area contributed by atoms with Crippen LogP contribution < -0.4 is 0 Å². The van der Waals surface area contributed by atoms with Crippen molar-refractivity contribution in [2.45, 2.75) is 12.1 Å². The van der Waals surface area contributed by atoms with Gasteiger partial charge < -0.3 is 4.57 Å². The van der Waals surface area contributed by atoms with Crippen LogP contribution in [0, 0.1) is 0 Å². The van der Waals surface area contributed by atoms with E-state index in [9.17, 15) is 13.0 Å². The van der Waals surface area contributed by atoms with Crippen molar-refractivity contribution in [2.75, 3.05) is 24.8 Å². The van der Waals surface area contributed by atoms with Gasteiger partial charge in [-0.25, -0.2) is 8.42 Å². The van der Waals surface area contributed by atoms with E-state index in [0.717, 1.165) is 0 Å². The van der Waals surface area contributed by atoms with Crippen LogP contribution in [0.15, 0.2) is 0 Å². The predicted octanol–water partition coefficient (Wildman–Crippen LogP) is 0.796. The summed E-state index contributed by atoms with van der Waals surface area (Å²) in [6, 6.07) is 0. The quantitative estimate of drug-likeness (QED) is 0.583. The molecule has 0 amide bonds. The number of hydrogen-bond acceptors (Lipinski definition) is 3. The van der Waals surface area contributed by atoms with Crippen molar-refractivity contribution >= 4 is 17.0 Å². The zero-order chi connectivity index (χ0) is 8.70. The van der Waals surface area contributed by atoms with Gasteiger partial charge in [0.2, 0.25) is 0 Å². The zero-order valence-electron chi connectivity index (χ0n) is 6.78. The van der Waals surface area contributed by atoms with E-state index in [0.29, 0.717) is 6.42 Å². The number of hydrogen-bond donors (Lipinski definition) is 0. The van der Waals surface area contributed by atoms with Crippen LogP contribution in [-0.4, -0.2) is 38.9 Å². The standard InChI is InChI=1S/C6H13O3PS/c1-10(2,7)6-3-4-11(8,9)5-6/h6H,3-5H2,1-2H3. The molecule has 1 aliphatic heterocycles. The minimum absolute atomic E-state index is 0.0764. The van der Waals surface area contributed by atoms with Crippen molar-refractivity contribution < 1.29 is 13.0 Å². The van der Waals surface area contributed by atoms with Crippen molar-refractivity contribution in [1.82, 2.24) is 0 Å². The summed E-state index contributed by atoms with van der Waals surface area (Å²) in [4.78, 5) is 0. The van der Waals surface area contributed by atoms with Crippen molar-refractivity contribution in [3.05, 3.63) is 0 Å². The Hall–Kier alpha value is 0.180. The SMILES string of the molecule is CP(C)(=O)C1CCS(=O)(=O)C1. The summed E-state index contributed by atoms with van der Waals surface area (Å²) in [5.74, 6) is 0.362. The number of rotatable bonds is 1. The molecule has 0 saturated carbocycles. The fourth-order valence-corrected chi connectivity index (χ4v) is 5.87. The molecule has 1 aliphatic rings. The first-order valence-corrected chi connectivity index (χ1v) is 8.05. The molecule has 3 nitrogen and oxygen atoms in total. The molecule has 0 bridgehead atoms. The Bertz CT molecular complexity index is 287. The Balaban J connectivity index is 2.79. The van der Waals surface area contributed by atoms with Crippen LogP contribution in [0.3, 0.4) is 0 Å². The molecule has 11 heavy (non-hydrogen) atoms. The second-order valence-electron chi connectivity index (χ2n) is 3.49. The van der Waals surface area contributed by atoms with Crippen molar-refractivity contribution in [3.63, 3.8) is 0 Å². The maximum absolute atomic E-state index is 11.4. The molecule has 1 unspecified atom stereocenters. The van der Waals surface area contributed by atoms with Gasteiger partial charge in [0.25, 0.3) is 0 Å². The minimum atomic E-state index is -2.85. The minimum Gasteiger partial charge on any atom is -0.324 e. The van der Waals surface area contributed by atoms with E-state index >= 15 is 0 Å². The van der Waals surface area contributed by atoms with Crippen LogP contribution in [0.1, 0.15) is 6.42 Å². The van der Waals surface area contributed by atoms with E-state index in [1.807, 2.05) is 0 Å². The van der Waals surface area contributed by atoms with Crippen molar-refractivity contribution in [3.8, 4) is 0 Å². The van der Waals surface area contributed by atoms with Gasteiger partial charge in [-0.15, -0.1) is 0 Å². The highest BCUT2D eigenvalue weighted by Crippen LogP contribution is 2.47. The Labute approximate surface area is 67.5 Å². The zero-order valence-corrected chi connectivity index (χ0v) is 8.49. The van der Waals surface area contributed by atoms with Gasteiger partial charge in [-0.05, 0) is 19.8 Å². The monoisotopic (exact) mass is 196 g/mol. The Morgan fingerprint density at radius 3 is 2.09 bits per heavy atom. The molecule has 0 radical (unpaired) electrons. The Morgan fingerprint density at radius 2 is 1.91 bits per heavy atom. The van der Waals surface area contributed by atoms with Gasteiger partial charge >= 0.3 is 0 Å². The molecule has 0 aliphatic carbocycles. The maximum atomic E-state index is 11.4. The van der Waals surface area contributed by atoms with Gasteiger partial charge in [-0.1, -0.05) is 0 Å². The molecule has 1 heterocycles. The smallest absolute Gasteiger partial charge is 0.151 e. The lowest BCUT2D eigenvalue weighted by atomic mass is 10.4. The van der Waals surface area contributed by atoms with Crippen molar-refractivity contribution in [1.29, 1.82) is 0 Å². The van der Waals surface area contributed by atoms with Gasteiger partial charge in [-0.3, -0.25) is 0 Å². The average Bonchev–Trinajstić information content (AvgIpc) is 2.07. The van der Waals surface area contributed by atoms with Crippen LogP contribution in [-0.2, 0) is 14.4 Å². The van der Waals surface area contributed by atoms with Gasteiger partial charge in [0.15, 0.2) is 9.84 Å². The van der Waals surface area contributed by atoms with Crippen LogP contribution in [0.2, 0.25) is 0 Å². The third-order valence-electron chi connectivity index (χ3n) is 2.09. The van der Waals surface area contributed by atoms with Crippen molar-refractivity contribution in [2.24, 2.45) is 0 Å². The highest BCUT2D eigenvalue weighted by atomic mass is 32.2. The third-order valence-corrected chi connectivity index (χ3v) is 6.30. The molecular weight excluding hydrogens is 183 g/mol. The van der Waals surface area contributed by atoms with Crippen LogP contribution in [0.25, 0.3) is 0 Å². The molecule has 0 N–H and O–H groups in total. The summed E-state index contributed by atoms with van der Waals surface area (Å²) in [6.45, 7) is 3.33. The second kappa shape index (κ2) is 2.60. The molecular formula is C6H13O3PS. The second-order valence-corrected chi connectivity index (χ2v) is 9.32. The van der Waals surface area contributed by atoms with Crippen LogP contribution in [0.5, 0.6) is 0 Å². The summed E-state index contributed by atoms with van der Waals surface area (Å²) >= 11 is 0. The molecule has 0 aromatic rings. The third kappa shape index (κ3) is 2.31. The summed E-state index contributed by atoms with van der Waals surface area (Å²) in [5.41, 5.74) is -0.0764. The van der Waals surface area contributed by atoms with Gasteiger partial charge in [0.05, 0.1) is 18.6 Å². The molecule has 1 fully saturated rings. The van der Waals surface area contributed by atoms with E-state index < -0.39 is 17.0 Å². The summed E-state index contributed by atoms with van der Waals surface area (Å²) in [7, 11) is -5.02. The lowest BCUT2D eigenvalue weighted by Crippen LogP contribution is -2.09. The summed E-state index contributed by atoms with van der Waals surface area (Å²) < 4.78 is 33.4. The lowest BCUT2D eigenvalue weighted by Gasteiger charge is -2.12. The normalized spacial score (nSPS) is 30.5. The molecule has 5 heteroatoms. The maximum Gasteiger partial charge on any atom is 0.151 e. The molecule has 1 saturated heterocycles. The first kappa shape index (κ1) is 9.27. The molecule has 66 valence electrons. The summed E-state index contributed by atoms with van der Waals surface area (Å²) in [5, 5.41) is 0. The van der Waals surface area contributed by atoms with E-state index in [-0.39, 0.29) is 17.2 Å². The predicted molar refractivity (Wildman–Crippen MR) is 46.5 cm³/mol. The largest absolute Gasteiger partial charge is 0.324 e. The first-order valence-electron chi connectivity index (χ1n) is 3.56. The molecule has 0 aromatic carbocycles. The van der Waals surface area contributed by atoms with E-state index in [1.165, 1.54) is 0 Å². The Morgan fingerprint density at radius 1 is 1.36 bits per heavy atom. The number of sulfone groups is 1. The van der Waals surface area contributed by atoms with Crippen LogP contribution in [0.4, 0.5) is 0 Å². The molecule has 1 rings (SSSR count). The lowest BCUT2D eigenvalue weighted by molar-refractivity contribution is 0.573. The topological polar surface area (TPSA) is 51.2 Å². The van der Waals surface area contributed by atoms with Gasteiger partial charge in [0.1, 0.15) is 0 Å². The highest BCUT2D eigenvalue weighted by molar-refractivity contribution is 7.92. The van der Waals surface area contributed by atoms with Gasteiger partial charge in [-0.2, -0.15) is 0 Å². The molecule has 1 atom stereocenters. The van der Waals surface area contributed by atoms with Crippen LogP contribution >= 0.6 is 7.14 Å². The average molecular weight is 196 g/mol. The fraction of sp³-hybridized carbons (Fsp3) is 1.00. The first-order chi connectivity index (χ1) is 4.81. The van der Waals surface area contributed by atoms with Gasteiger partial charge in [0, 0.05) is 5.66 Å². The fourth-order valence-electron chi connectivity index (χ4n) is 1.27. The molecule has 0 spiro atoms. The van der Waals surface area contributed by atoms with E-state index in [4.69, 9.17) is 0 Å². The van der Waals surface area contributed by atoms with E-state index in [2.05, 4.69) is 0 Å². The van der Waals surface area contributed by atoms with E-state index in [1.54, 1.807) is 13.3 Å². The molecule has 0 aromatic heterocycles. The summed E-state index contributed by atoms with van der Waals surface area (Å²) in [6.07, 6.45) is 0.590. The highest BCUT2D eigenvalue weighted by Gasteiger charge is 2.35.